The average molecular weight is 430 g/mol. The third-order valence-corrected chi connectivity index (χ3v) is 2.94. The molecule has 0 heterocycles. The molecule has 10 heteroatoms. The smallest absolute Gasteiger partial charge is 0.385 e. The topological polar surface area (TPSA) is 102 Å². The van der Waals surface area contributed by atoms with Gasteiger partial charge in [0, 0.05) is 33.2 Å². The van der Waals surface area contributed by atoms with Crippen LogP contribution in [0.15, 0.2) is 57.5 Å². The summed E-state index contributed by atoms with van der Waals surface area (Å²) in [6.07, 6.45) is 0. The van der Waals surface area contributed by atoms with Gasteiger partial charge in [-0.25, -0.2) is 0 Å². The average Bonchev–Trinajstić information content (AvgIpc) is 2.49. The van der Waals surface area contributed by atoms with E-state index in [9.17, 15) is 4.32 Å². The lowest BCUT2D eigenvalue weighted by molar-refractivity contribution is -0.366. The van der Waals surface area contributed by atoms with Gasteiger partial charge in [-0.15, -0.1) is 0 Å². The fraction of sp³-hybridized carbons (Fsp3) is 0. The Morgan fingerprint density at radius 1 is 0.773 bits per heavy atom. The second-order valence-electron chi connectivity index (χ2n) is 3.43. The lowest BCUT2D eigenvalue weighted by Gasteiger charge is -2.09. The largest absolute Gasteiger partial charge is 0.867 e. The first-order valence-electron chi connectivity index (χ1n) is 5.56. The molecule has 0 atom stereocenters. The molecule has 0 aliphatic heterocycles. The standard InChI is InChI=1S/2C6H4BrN2.BFO2/c2*7-5-1-3-6(9-8)4-2-5;2-1(3)4/h2*1-4H;/q2*+1;-2. The van der Waals surface area contributed by atoms with Gasteiger partial charge < -0.3 is 14.4 Å². The molecular weight excluding hydrogens is 422 g/mol. The van der Waals surface area contributed by atoms with Crippen LogP contribution < -0.4 is 10.0 Å². The highest BCUT2D eigenvalue weighted by atomic mass is 79.9. The molecular formula is C12H8BBr2FN4O2. The maximum atomic E-state index is 9.89. The van der Waals surface area contributed by atoms with E-state index in [0.717, 1.165) is 8.95 Å². The van der Waals surface area contributed by atoms with Crippen LogP contribution in [0.25, 0.3) is 9.95 Å². The van der Waals surface area contributed by atoms with Gasteiger partial charge in [-0.05, 0) is 24.3 Å². The molecule has 0 aliphatic carbocycles. The number of hydrogen-bond acceptors (Lipinski definition) is 4. The van der Waals surface area contributed by atoms with E-state index in [4.69, 9.17) is 20.8 Å². The van der Waals surface area contributed by atoms with Gasteiger partial charge in [-0.1, -0.05) is 31.9 Å². The first-order valence-corrected chi connectivity index (χ1v) is 7.14. The monoisotopic (exact) mass is 428 g/mol. The molecule has 2 aromatic carbocycles. The number of nitrogens with zero attached hydrogens (tertiary/aromatic N) is 4. The van der Waals surface area contributed by atoms with Crippen LogP contribution in [0, 0.1) is 10.8 Å². The van der Waals surface area contributed by atoms with E-state index in [0.29, 0.717) is 11.4 Å². The molecule has 0 saturated carbocycles. The van der Waals surface area contributed by atoms with Crippen LogP contribution in [0.3, 0.4) is 0 Å². The summed E-state index contributed by atoms with van der Waals surface area (Å²) < 4.78 is 11.9. The molecule has 6 nitrogen and oxygen atoms in total. The van der Waals surface area contributed by atoms with E-state index >= 15 is 0 Å². The Bertz CT molecular complexity index is 584. The molecule has 0 saturated heterocycles. The zero-order valence-corrected chi connectivity index (χ0v) is 14.1. The van der Waals surface area contributed by atoms with E-state index in [1.807, 2.05) is 24.3 Å². The van der Waals surface area contributed by atoms with Crippen LogP contribution >= 0.6 is 31.9 Å². The van der Waals surface area contributed by atoms with Gasteiger partial charge in [-0.3, -0.25) is 0 Å². The fourth-order valence-electron chi connectivity index (χ4n) is 1.02. The van der Waals surface area contributed by atoms with Crippen molar-refractivity contribution in [2.45, 2.75) is 0 Å². The third-order valence-electron chi connectivity index (χ3n) is 1.88. The number of rotatable bonds is 0. The molecule has 0 spiro atoms. The zero-order chi connectivity index (χ0) is 17.0. The highest BCUT2D eigenvalue weighted by Gasteiger charge is 2.00. The van der Waals surface area contributed by atoms with Crippen LogP contribution in [-0.2, 0) is 0 Å². The first-order chi connectivity index (χ1) is 10.4. The van der Waals surface area contributed by atoms with E-state index in [1.54, 1.807) is 24.3 Å². The minimum Gasteiger partial charge on any atom is -0.867 e. The second kappa shape index (κ2) is 11.8. The Morgan fingerprint density at radius 3 is 1.18 bits per heavy atom. The van der Waals surface area contributed by atoms with E-state index in [-0.39, 0.29) is 0 Å². The molecule has 0 fully saturated rings. The van der Waals surface area contributed by atoms with Crippen LogP contribution in [0.4, 0.5) is 15.7 Å². The summed E-state index contributed by atoms with van der Waals surface area (Å²) in [5.41, 5.74) is 1.14. The molecule has 0 bridgehead atoms. The molecule has 112 valence electrons. The SMILES string of the molecule is N#[N+]c1ccc(Br)cc1.N#[N+]c1ccc(Br)cc1.[O-]B([O-])F. The summed E-state index contributed by atoms with van der Waals surface area (Å²) in [7, 11) is -3.17. The van der Waals surface area contributed by atoms with Crippen molar-refractivity contribution in [3.05, 3.63) is 67.4 Å². The molecule has 2 aromatic rings. The Hall–Kier alpha value is -1.85. The van der Waals surface area contributed by atoms with Gasteiger partial charge in [0.25, 0.3) is 0 Å². The first kappa shape index (κ1) is 20.2. The van der Waals surface area contributed by atoms with Gasteiger partial charge in [0.15, 0.2) is 9.95 Å². The lowest BCUT2D eigenvalue weighted by atomic mass is 10.3. The molecule has 0 amide bonds. The molecule has 2 rings (SSSR count). The van der Waals surface area contributed by atoms with Gasteiger partial charge in [0.1, 0.15) is 7.40 Å². The maximum absolute atomic E-state index is 9.89. The van der Waals surface area contributed by atoms with Crippen molar-refractivity contribution < 1.29 is 14.4 Å². The Kier molecular flexibility index (Phi) is 10.8. The van der Waals surface area contributed by atoms with Crippen molar-refractivity contribution in [1.29, 1.82) is 10.8 Å². The minimum atomic E-state index is -3.17. The highest BCUT2D eigenvalue weighted by molar-refractivity contribution is 9.10. The minimum absolute atomic E-state index is 0.568. The van der Waals surface area contributed by atoms with Crippen LogP contribution in [0.2, 0.25) is 0 Å². The van der Waals surface area contributed by atoms with Crippen molar-refractivity contribution in [2.75, 3.05) is 0 Å². The van der Waals surface area contributed by atoms with Gasteiger partial charge in [-0.2, -0.15) is 0 Å². The second-order valence-corrected chi connectivity index (χ2v) is 5.26. The Labute approximate surface area is 143 Å². The van der Waals surface area contributed by atoms with Crippen molar-refractivity contribution in [2.24, 2.45) is 0 Å². The van der Waals surface area contributed by atoms with Gasteiger partial charge in [0.05, 0.1) is 0 Å². The number of benzene rings is 2. The van der Waals surface area contributed by atoms with Crippen molar-refractivity contribution in [3.8, 4) is 0 Å². The summed E-state index contributed by atoms with van der Waals surface area (Å²) in [6, 6.07) is 14.1. The third kappa shape index (κ3) is 10.9. The fourth-order valence-corrected chi connectivity index (χ4v) is 1.54. The molecule has 0 unspecified atom stereocenters. The van der Waals surface area contributed by atoms with Crippen LogP contribution in [0.5, 0.6) is 0 Å². The Morgan fingerprint density at radius 2 is 1.00 bits per heavy atom. The van der Waals surface area contributed by atoms with E-state index < -0.39 is 7.40 Å². The molecule has 0 N–H and O–H groups in total. The quantitative estimate of drug-likeness (QED) is 0.472. The number of hydrogen-bond donors (Lipinski definition) is 0. The number of halogens is 3. The summed E-state index contributed by atoms with van der Waals surface area (Å²) in [5, 5.41) is 33.1. The predicted octanol–water partition coefficient (Wildman–Crippen LogP) is 3.53. The van der Waals surface area contributed by atoms with Gasteiger partial charge >= 0.3 is 11.4 Å². The predicted molar refractivity (Wildman–Crippen MR) is 84.6 cm³/mol. The van der Waals surface area contributed by atoms with Crippen molar-refractivity contribution in [1.82, 2.24) is 0 Å². The van der Waals surface area contributed by atoms with E-state index in [1.165, 1.54) is 0 Å². The highest BCUT2D eigenvalue weighted by Crippen LogP contribution is 2.16. The molecule has 0 aliphatic rings. The molecule has 0 aromatic heterocycles. The maximum Gasteiger partial charge on any atom is 0.385 e. The van der Waals surface area contributed by atoms with E-state index in [2.05, 4.69) is 41.8 Å². The summed E-state index contributed by atoms with van der Waals surface area (Å²) in [5.74, 6) is 0. The summed E-state index contributed by atoms with van der Waals surface area (Å²) >= 11 is 6.50. The van der Waals surface area contributed by atoms with Crippen molar-refractivity contribution in [3.63, 3.8) is 0 Å². The van der Waals surface area contributed by atoms with Crippen LogP contribution in [-0.4, -0.2) is 7.40 Å². The Balaban J connectivity index is 0.000000326. The van der Waals surface area contributed by atoms with Crippen molar-refractivity contribution >= 4 is 50.6 Å². The molecule has 22 heavy (non-hydrogen) atoms. The van der Waals surface area contributed by atoms with Crippen LogP contribution in [0.1, 0.15) is 0 Å². The van der Waals surface area contributed by atoms with Gasteiger partial charge in [0.2, 0.25) is 10.8 Å². The zero-order valence-electron chi connectivity index (χ0n) is 10.9. The summed E-state index contributed by atoms with van der Waals surface area (Å²) in [6.45, 7) is 0. The summed E-state index contributed by atoms with van der Waals surface area (Å²) in [4.78, 5) is 5.98. The number of diazo groups is 2. The lowest BCUT2D eigenvalue weighted by Crippen LogP contribution is -2.39. The molecule has 0 radical (unpaired) electrons. The normalized spacial score (nSPS) is 8.14.